The molecule has 11 aromatic rings. The van der Waals surface area contributed by atoms with Crippen LogP contribution in [0.25, 0.3) is 116 Å². The highest BCUT2D eigenvalue weighted by molar-refractivity contribution is 6.13. The molecule has 0 bridgehead atoms. The molecule has 0 aliphatic rings. The minimum absolute atomic E-state index is 0.523. The van der Waals surface area contributed by atoms with Crippen molar-refractivity contribution < 1.29 is 0 Å². The van der Waals surface area contributed by atoms with Gasteiger partial charge in [0.15, 0.2) is 17.2 Å². The van der Waals surface area contributed by atoms with Crippen molar-refractivity contribution in [2.75, 3.05) is 0 Å². The standard InChI is InChI=1S/C62H35N7/c1-65-51-27-23-43(24-28-51)54-36-50(62-67-57(44-12-5-3-6-13-44)37-58(68-62)45-14-7-4-8-15-45)35-53(42-21-19-40(38-63)20-22-42)61(54)69-59-29-25-48(46-16-9-11-41(31-46)39-64)33-55(59)56-34-49(26-30-60(56)69)47-17-10-18-52(32-47)66-2/h3-37H. The number of nitrogens with zero attached hydrogens (tertiary/aromatic N) is 7. The topological polar surface area (TPSA) is 87.0 Å². The fourth-order valence-corrected chi connectivity index (χ4v) is 9.12. The Hall–Kier alpha value is -10.2. The van der Waals surface area contributed by atoms with Crippen molar-refractivity contribution in [2.24, 2.45) is 0 Å². The first kappa shape index (κ1) is 41.5. The fourth-order valence-electron chi connectivity index (χ4n) is 9.12. The molecule has 0 amide bonds. The second kappa shape index (κ2) is 17.7. The molecule has 0 aliphatic carbocycles. The van der Waals surface area contributed by atoms with Crippen molar-refractivity contribution >= 4 is 33.2 Å². The van der Waals surface area contributed by atoms with Crippen molar-refractivity contribution in [2.45, 2.75) is 0 Å². The third-order valence-corrected chi connectivity index (χ3v) is 12.5. The molecule has 7 nitrogen and oxygen atoms in total. The van der Waals surface area contributed by atoms with E-state index in [0.29, 0.717) is 28.3 Å². The third kappa shape index (κ3) is 7.82. The number of rotatable bonds is 8. The summed E-state index contributed by atoms with van der Waals surface area (Å²) in [6.45, 7) is 15.6. The molecule has 0 saturated heterocycles. The van der Waals surface area contributed by atoms with Gasteiger partial charge in [-0.25, -0.2) is 19.7 Å². The third-order valence-electron chi connectivity index (χ3n) is 12.5. The van der Waals surface area contributed by atoms with Gasteiger partial charge < -0.3 is 4.57 Å². The highest BCUT2D eigenvalue weighted by Crippen LogP contribution is 2.46. The Labute approximate surface area is 399 Å². The Kier molecular flexibility index (Phi) is 10.6. The van der Waals surface area contributed by atoms with Crippen LogP contribution in [0.4, 0.5) is 11.4 Å². The van der Waals surface area contributed by atoms with Gasteiger partial charge in [0.05, 0.1) is 64.5 Å². The summed E-state index contributed by atoms with van der Waals surface area (Å²) in [4.78, 5) is 18.0. The van der Waals surface area contributed by atoms with Crippen LogP contribution in [0.5, 0.6) is 0 Å². The van der Waals surface area contributed by atoms with Crippen LogP contribution in [0.1, 0.15) is 11.1 Å². The molecule has 0 unspecified atom stereocenters. The minimum Gasteiger partial charge on any atom is -0.308 e. The number of aromatic nitrogens is 3. The van der Waals surface area contributed by atoms with Crippen LogP contribution in [0.2, 0.25) is 0 Å². The SMILES string of the molecule is [C-]#[N+]c1ccc(-c2cc(-c3nc(-c4ccccc4)cc(-c4ccccc4)n3)cc(-c3ccc(C#N)cc3)c2-n2c3ccc(-c4cccc(C#N)c4)cc3c3cc(-c4cccc([N+]#[C-])c4)ccc32)cc1. The molecule has 0 spiro atoms. The predicted molar refractivity (Wildman–Crippen MR) is 276 cm³/mol. The molecule has 318 valence electrons. The van der Waals surface area contributed by atoms with E-state index in [-0.39, 0.29) is 0 Å². The average molecular weight is 878 g/mol. The Bertz CT molecular complexity index is 3720. The first-order chi connectivity index (χ1) is 34.0. The van der Waals surface area contributed by atoms with Crippen LogP contribution in [-0.2, 0) is 0 Å². The van der Waals surface area contributed by atoms with Crippen molar-refractivity contribution in [3.05, 3.63) is 246 Å². The summed E-state index contributed by atoms with van der Waals surface area (Å²) in [6.07, 6.45) is 0. The van der Waals surface area contributed by atoms with E-state index >= 15 is 0 Å². The molecular formula is C62H35N7. The van der Waals surface area contributed by atoms with Gasteiger partial charge in [-0.05, 0) is 106 Å². The van der Waals surface area contributed by atoms with E-state index < -0.39 is 0 Å². The van der Waals surface area contributed by atoms with Crippen LogP contribution >= 0.6 is 0 Å². The molecule has 2 aromatic heterocycles. The lowest BCUT2D eigenvalue weighted by Gasteiger charge is -2.21. The Morgan fingerprint density at radius 2 is 0.855 bits per heavy atom. The van der Waals surface area contributed by atoms with Crippen LogP contribution < -0.4 is 0 Å². The second-order valence-electron chi connectivity index (χ2n) is 16.6. The summed E-state index contributed by atoms with van der Waals surface area (Å²) in [5, 5.41) is 21.8. The summed E-state index contributed by atoms with van der Waals surface area (Å²) < 4.78 is 2.31. The van der Waals surface area contributed by atoms with E-state index in [1.165, 1.54) is 0 Å². The van der Waals surface area contributed by atoms with Crippen molar-refractivity contribution in [3.8, 4) is 96.2 Å². The molecular weight excluding hydrogens is 843 g/mol. The number of hydrogen-bond donors (Lipinski definition) is 0. The van der Waals surface area contributed by atoms with Crippen LogP contribution in [-0.4, -0.2) is 14.5 Å². The van der Waals surface area contributed by atoms with Gasteiger partial charge in [0, 0.05) is 38.6 Å². The van der Waals surface area contributed by atoms with Crippen molar-refractivity contribution in [1.29, 1.82) is 10.5 Å². The number of hydrogen-bond acceptors (Lipinski definition) is 4. The Balaban J connectivity index is 1.26. The zero-order chi connectivity index (χ0) is 46.8. The Morgan fingerprint density at radius 1 is 0.377 bits per heavy atom. The lowest BCUT2D eigenvalue weighted by atomic mass is 9.92. The van der Waals surface area contributed by atoms with Gasteiger partial charge in [-0.15, -0.1) is 0 Å². The molecule has 0 N–H and O–H groups in total. The first-order valence-electron chi connectivity index (χ1n) is 22.2. The van der Waals surface area contributed by atoms with Crippen LogP contribution in [0.3, 0.4) is 0 Å². The lowest BCUT2D eigenvalue weighted by Crippen LogP contribution is -2.03. The molecule has 69 heavy (non-hydrogen) atoms. The van der Waals surface area contributed by atoms with E-state index in [1.807, 2.05) is 140 Å². The van der Waals surface area contributed by atoms with Crippen molar-refractivity contribution in [3.63, 3.8) is 0 Å². The van der Waals surface area contributed by atoms with Crippen molar-refractivity contribution in [1.82, 2.24) is 14.5 Å². The quantitative estimate of drug-likeness (QED) is 0.142. The molecule has 9 aromatic carbocycles. The minimum atomic E-state index is 0.523. The summed E-state index contributed by atoms with van der Waals surface area (Å²) in [6, 6.07) is 74.7. The summed E-state index contributed by atoms with van der Waals surface area (Å²) >= 11 is 0. The number of nitriles is 2. The van der Waals surface area contributed by atoms with Gasteiger partial charge in [-0.1, -0.05) is 140 Å². The van der Waals surface area contributed by atoms with Gasteiger partial charge in [0.1, 0.15) is 0 Å². The lowest BCUT2D eigenvalue weighted by molar-refractivity contribution is 1.17. The van der Waals surface area contributed by atoms with Gasteiger partial charge in [-0.2, -0.15) is 10.5 Å². The predicted octanol–water partition coefficient (Wildman–Crippen LogP) is 16.1. The molecule has 0 radical (unpaired) electrons. The monoisotopic (exact) mass is 877 g/mol. The van der Waals surface area contributed by atoms with Gasteiger partial charge >= 0.3 is 0 Å². The van der Waals surface area contributed by atoms with Gasteiger partial charge in [0.2, 0.25) is 0 Å². The number of benzene rings is 9. The number of fused-ring (bicyclic) bond motifs is 3. The first-order valence-corrected chi connectivity index (χ1v) is 22.2. The maximum Gasteiger partial charge on any atom is 0.187 e. The zero-order valence-electron chi connectivity index (χ0n) is 36.8. The summed E-state index contributed by atoms with van der Waals surface area (Å²) in [7, 11) is 0. The molecule has 0 aliphatic heterocycles. The second-order valence-corrected chi connectivity index (χ2v) is 16.6. The molecule has 7 heteroatoms. The largest absolute Gasteiger partial charge is 0.308 e. The van der Waals surface area contributed by atoms with Crippen LogP contribution in [0, 0.1) is 35.8 Å². The van der Waals surface area contributed by atoms with Gasteiger partial charge in [0.25, 0.3) is 0 Å². The normalized spacial score (nSPS) is 10.8. The highest BCUT2D eigenvalue weighted by Gasteiger charge is 2.24. The smallest absolute Gasteiger partial charge is 0.187 e. The fraction of sp³-hybridized carbons (Fsp3) is 0. The average Bonchev–Trinajstić information content (AvgIpc) is 3.75. The highest BCUT2D eigenvalue weighted by atomic mass is 15.0. The summed E-state index contributed by atoms with van der Waals surface area (Å²) in [5.74, 6) is 0.536. The van der Waals surface area contributed by atoms with E-state index in [4.69, 9.17) is 23.1 Å². The Morgan fingerprint density at radius 3 is 1.39 bits per heavy atom. The van der Waals surface area contributed by atoms with Gasteiger partial charge in [-0.3, -0.25) is 0 Å². The molecule has 2 heterocycles. The molecule has 0 atom stereocenters. The molecule has 0 saturated carbocycles. The van der Waals surface area contributed by atoms with Crippen LogP contribution in [0.15, 0.2) is 212 Å². The molecule has 11 rings (SSSR count). The van der Waals surface area contributed by atoms with E-state index in [9.17, 15) is 10.5 Å². The zero-order valence-corrected chi connectivity index (χ0v) is 36.8. The van der Waals surface area contributed by atoms with E-state index in [0.717, 1.165) is 100 Å². The van der Waals surface area contributed by atoms with E-state index in [2.05, 4.69) is 99.2 Å². The van der Waals surface area contributed by atoms with E-state index in [1.54, 1.807) is 0 Å². The maximum atomic E-state index is 9.95. The summed E-state index contributed by atoms with van der Waals surface area (Å²) in [5.41, 5.74) is 16.5. The maximum absolute atomic E-state index is 9.95. The molecule has 0 fully saturated rings.